The van der Waals surface area contributed by atoms with Gasteiger partial charge in [-0.2, -0.15) is 0 Å². The van der Waals surface area contributed by atoms with Crippen LogP contribution in [0.4, 0.5) is 5.95 Å². The summed E-state index contributed by atoms with van der Waals surface area (Å²) in [6.07, 6.45) is 1.36. The third kappa shape index (κ3) is 4.37. The second-order valence-electron chi connectivity index (χ2n) is 4.02. The molecule has 0 unspecified atom stereocenters. The Kier molecular flexibility index (Phi) is 4.97. The topological polar surface area (TPSA) is 101 Å². The molecule has 0 atom stereocenters. The van der Waals surface area contributed by atoms with Gasteiger partial charge in [-0.15, -0.1) is 5.10 Å². The maximum atomic E-state index is 11.5. The van der Waals surface area contributed by atoms with Gasteiger partial charge in [-0.05, 0) is 12.1 Å². The first-order chi connectivity index (χ1) is 10.2. The predicted octanol–water partition coefficient (Wildman–Crippen LogP) is 0.491. The Morgan fingerprint density at radius 2 is 2.05 bits per heavy atom. The predicted molar refractivity (Wildman–Crippen MR) is 73.9 cm³/mol. The van der Waals surface area contributed by atoms with Crippen LogP contribution in [0.5, 0.6) is 11.5 Å². The Bertz CT molecular complexity index is 599. The lowest BCUT2D eigenvalue weighted by Gasteiger charge is -2.10. The molecule has 112 valence electrons. The lowest BCUT2D eigenvalue weighted by atomic mass is 10.3. The van der Waals surface area contributed by atoms with E-state index in [2.05, 4.69) is 10.1 Å². The molecule has 0 saturated heterocycles. The lowest BCUT2D eigenvalue weighted by Crippen LogP contribution is -2.17. The summed E-state index contributed by atoms with van der Waals surface area (Å²) in [4.78, 5) is 15.2. The van der Waals surface area contributed by atoms with Crippen molar-refractivity contribution in [2.75, 3.05) is 26.1 Å². The van der Waals surface area contributed by atoms with Gasteiger partial charge in [0.15, 0.2) is 11.5 Å². The van der Waals surface area contributed by atoms with Crippen molar-refractivity contribution in [3.8, 4) is 11.5 Å². The van der Waals surface area contributed by atoms with Crippen molar-refractivity contribution in [3.05, 3.63) is 30.6 Å². The normalized spacial score (nSPS) is 10.1. The number of nitrogens with zero attached hydrogens (tertiary/aromatic N) is 3. The maximum Gasteiger partial charge on any atom is 0.327 e. The van der Waals surface area contributed by atoms with Gasteiger partial charge in [0.05, 0.1) is 7.11 Å². The first-order valence-electron chi connectivity index (χ1n) is 6.25. The molecule has 0 radical (unpaired) electrons. The number of nitrogen functional groups attached to an aromatic ring is 1. The fraction of sp³-hybridized carbons (Fsp3) is 0.308. The quantitative estimate of drug-likeness (QED) is 0.585. The number of para-hydroxylation sites is 2. The van der Waals surface area contributed by atoms with Crippen LogP contribution in [0.2, 0.25) is 0 Å². The van der Waals surface area contributed by atoms with Gasteiger partial charge in [0.1, 0.15) is 26.1 Å². The fourth-order valence-electron chi connectivity index (χ4n) is 1.61. The number of hydrogen-bond donors (Lipinski definition) is 1. The SMILES string of the molecule is COc1ccccc1OCCOC(=O)Cn1cnc(N)n1. The van der Waals surface area contributed by atoms with Crippen molar-refractivity contribution in [2.24, 2.45) is 0 Å². The number of esters is 1. The summed E-state index contributed by atoms with van der Waals surface area (Å²) in [5.74, 6) is 0.896. The molecule has 2 rings (SSSR count). The molecule has 0 aliphatic carbocycles. The highest BCUT2D eigenvalue weighted by molar-refractivity contribution is 5.69. The number of methoxy groups -OCH3 is 1. The maximum absolute atomic E-state index is 11.5. The first kappa shape index (κ1) is 14.6. The number of nitrogens with two attached hydrogens (primary N) is 1. The van der Waals surface area contributed by atoms with Gasteiger partial charge in [-0.1, -0.05) is 12.1 Å². The Morgan fingerprint density at radius 3 is 2.71 bits per heavy atom. The van der Waals surface area contributed by atoms with Gasteiger partial charge in [-0.25, -0.2) is 9.67 Å². The summed E-state index contributed by atoms with van der Waals surface area (Å²) in [6.45, 7) is 0.311. The number of benzene rings is 1. The number of rotatable bonds is 7. The van der Waals surface area contributed by atoms with E-state index >= 15 is 0 Å². The molecule has 8 heteroatoms. The summed E-state index contributed by atoms with van der Waals surface area (Å²) in [7, 11) is 1.56. The van der Waals surface area contributed by atoms with E-state index in [-0.39, 0.29) is 25.7 Å². The fourth-order valence-corrected chi connectivity index (χ4v) is 1.61. The number of carbonyl (C=O) groups is 1. The highest BCUT2D eigenvalue weighted by Crippen LogP contribution is 2.25. The summed E-state index contributed by atoms with van der Waals surface area (Å²) in [6, 6.07) is 7.24. The smallest absolute Gasteiger partial charge is 0.327 e. The highest BCUT2D eigenvalue weighted by Gasteiger charge is 2.07. The van der Waals surface area contributed by atoms with Crippen LogP contribution in [0.1, 0.15) is 0 Å². The van der Waals surface area contributed by atoms with E-state index in [4.69, 9.17) is 19.9 Å². The molecule has 0 aliphatic heterocycles. The number of ether oxygens (including phenoxy) is 3. The summed E-state index contributed by atoms with van der Waals surface area (Å²) >= 11 is 0. The number of anilines is 1. The van der Waals surface area contributed by atoms with Crippen LogP contribution in [0, 0.1) is 0 Å². The Morgan fingerprint density at radius 1 is 1.29 bits per heavy atom. The molecular weight excluding hydrogens is 276 g/mol. The summed E-state index contributed by atoms with van der Waals surface area (Å²) in [5, 5.41) is 3.78. The molecule has 21 heavy (non-hydrogen) atoms. The Hall–Kier alpha value is -2.77. The molecule has 0 amide bonds. The molecule has 0 saturated carbocycles. The largest absolute Gasteiger partial charge is 0.493 e. The second-order valence-corrected chi connectivity index (χ2v) is 4.02. The molecule has 2 aromatic rings. The van der Waals surface area contributed by atoms with Crippen LogP contribution in [-0.4, -0.2) is 41.1 Å². The monoisotopic (exact) mass is 292 g/mol. The van der Waals surface area contributed by atoms with Gasteiger partial charge in [0.2, 0.25) is 5.95 Å². The van der Waals surface area contributed by atoms with E-state index < -0.39 is 5.97 Å². The number of carbonyl (C=O) groups excluding carboxylic acids is 1. The van der Waals surface area contributed by atoms with Gasteiger partial charge in [0.25, 0.3) is 0 Å². The third-order valence-electron chi connectivity index (χ3n) is 2.52. The van der Waals surface area contributed by atoms with Gasteiger partial charge >= 0.3 is 5.97 Å². The molecule has 2 N–H and O–H groups in total. The standard InChI is InChI=1S/C13H16N4O4/c1-19-10-4-2-3-5-11(10)20-6-7-21-12(18)8-17-9-15-13(14)16-17/h2-5,9H,6-8H2,1H3,(H2,14,16). The highest BCUT2D eigenvalue weighted by atomic mass is 16.6. The van der Waals surface area contributed by atoms with Crippen molar-refractivity contribution in [1.82, 2.24) is 14.8 Å². The van der Waals surface area contributed by atoms with E-state index in [1.165, 1.54) is 11.0 Å². The summed E-state index contributed by atoms with van der Waals surface area (Å²) in [5.41, 5.74) is 5.34. The first-order valence-corrected chi connectivity index (χ1v) is 6.25. The van der Waals surface area contributed by atoms with Crippen molar-refractivity contribution < 1.29 is 19.0 Å². The molecule has 0 aliphatic rings. The molecule has 1 aromatic heterocycles. The van der Waals surface area contributed by atoms with Crippen molar-refractivity contribution in [1.29, 1.82) is 0 Å². The molecule has 1 heterocycles. The van der Waals surface area contributed by atoms with E-state index in [1.807, 2.05) is 12.1 Å². The zero-order valence-corrected chi connectivity index (χ0v) is 11.6. The van der Waals surface area contributed by atoms with Gasteiger partial charge in [-0.3, -0.25) is 4.79 Å². The average molecular weight is 292 g/mol. The average Bonchev–Trinajstić information content (AvgIpc) is 2.89. The van der Waals surface area contributed by atoms with Crippen LogP contribution in [-0.2, 0) is 16.1 Å². The minimum absolute atomic E-state index is 0.0428. The van der Waals surface area contributed by atoms with Crippen molar-refractivity contribution >= 4 is 11.9 Å². The van der Waals surface area contributed by atoms with E-state index in [9.17, 15) is 4.79 Å². The van der Waals surface area contributed by atoms with Crippen LogP contribution in [0.25, 0.3) is 0 Å². The van der Waals surface area contributed by atoms with Crippen molar-refractivity contribution in [2.45, 2.75) is 6.54 Å². The Labute approximate surface area is 121 Å². The third-order valence-corrected chi connectivity index (χ3v) is 2.52. The van der Waals surface area contributed by atoms with Crippen LogP contribution in [0.15, 0.2) is 30.6 Å². The summed E-state index contributed by atoms with van der Waals surface area (Å²) < 4.78 is 16.9. The van der Waals surface area contributed by atoms with E-state index in [0.29, 0.717) is 11.5 Å². The van der Waals surface area contributed by atoms with Crippen LogP contribution < -0.4 is 15.2 Å². The minimum Gasteiger partial charge on any atom is -0.493 e. The molecule has 0 fully saturated rings. The lowest BCUT2D eigenvalue weighted by molar-refractivity contribution is -0.145. The zero-order valence-electron chi connectivity index (χ0n) is 11.6. The Balaban J connectivity index is 1.71. The molecule has 8 nitrogen and oxygen atoms in total. The number of hydrogen-bond acceptors (Lipinski definition) is 7. The van der Waals surface area contributed by atoms with Gasteiger partial charge in [0, 0.05) is 0 Å². The van der Waals surface area contributed by atoms with Crippen LogP contribution in [0.3, 0.4) is 0 Å². The second kappa shape index (κ2) is 7.13. The van der Waals surface area contributed by atoms with E-state index in [1.54, 1.807) is 19.2 Å². The molecule has 0 spiro atoms. The molecule has 0 bridgehead atoms. The minimum atomic E-state index is -0.441. The molecular formula is C13H16N4O4. The number of aromatic nitrogens is 3. The molecule has 1 aromatic carbocycles. The zero-order chi connectivity index (χ0) is 15.1. The van der Waals surface area contributed by atoms with Gasteiger partial charge < -0.3 is 19.9 Å². The van der Waals surface area contributed by atoms with E-state index in [0.717, 1.165) is 0 Å². The van der Waals surface area contributed by atoms with Crippen molar-refractivity contribution in [3.63, 3.8) is 0 Å². The van der Waals surface area contributed by atoms with Crippen LogP contribution >= 0.6 is 0 Å².